The van der Waals surface area contributed by atoms with Crippen molar-refractivity contribution in [1.29, 1.82) is 0 Å². The van der Waals surface area contributed by atoms with Crippen LogP contribution in [0.3, 0.4) is 0 Å². The van der Waals surface area contributed by atoms with Gasteiger partial charge in [-0.25, -0.2) is 4.39 Å². The largest absolute Gasteiger partial charge is 0.490 e. The molecule has 0 fully saturated rings. The Morgan fingerprint density at radius 1 is 1.08 bits per heavy atom. The third-order valence-electron chi connectivity index (χ3n) is 6.08. The summed E-state index contributed by atoms with van der Waals surface area (Å²) in [6.07, 6.45) is 0. The summed E-state index contributed by atoms with van der Waals surface area (Å²) in [5.41, 5.74) is 4.34. The number of hydrogen-bond acceptors (Lipinski definition) is 7. The van der Waals surface area contributed by atoms with Crippen molar-refractivity contribution in [3.8, 4) is 17.2 Å². The lowest BCUT2D eigenvalue weighted by Crippen LogP contribution is -2.12. The fourth-order valence-electron chi connectivity index (χ4n) is 4.01. The molecule has 0 N–H and O–H groups in total. The minimum absolute atomic E-state index is 0.0718. The van der Waals surface area contributed by atoms with Crippen LogP contribution in [0.15, 0.2) is 59.8 Å². The van der Waals surface area contributed by atoms with E-state index in [0.717, 1.165) is 16.8 Å². The van der Waals surface area contributed by atoms with Crippen LogP contribution in [-0.2, 0) is 6.61 Å². The third-order valence-corrected chi connectivity index (χ3v) is 7.54. The van der Waals surface area contributed by atoms with E-state index < -0.39 is 5.25 Å². The van der Waals surface area contributed by atoms with Gasteiger partial charge < -0.3 is 9.47 Å². The highest BCUT2D eigenvalue weighted by atomic mass is 35.5. The number of halogens is 2. The van der Waals surface area contributed by atoms with Crippen molar-refractivity contribution in [3.05, 3.63) is 104 Å². The van der Waals surface area contributed by atoms with Crippen molar-refractivity contribution in [2.75, 3.05) is 13.2 Å². The van der Waals surface area contributed by atoms with Gasteiger partial charge in [0.25, 0.3) is 0 Å². The molecule has 0 aliphatic heterocycles. The summed E-state index contributed by atoms with van der Waals surface area (Å²) < 4.78 is 27.2. The zero-order valence-corrected chi connectivity index (χ0v) is 23.6. The number of ether oxygens (including phenoxy) is 2. The van der Waals surface area contributed by atoms with Crippen LogP contribution in [-0.4, -0.2) is 32.8 Å². The maximum atomic E-state index is 13.6. The smallest absolute Gasteiger partial charge is 0.220 e. The quantitative estimate of drug-likeness (QED) is 0.108. The highest BCUT2D eigenvalue weighted by Gasteiger charge is 2.26. The number of nitro groups is 1. The lowest BCUT2D eigenvalue weighted by molar-refractivity contribution is -0.479. The summed E-state index contributed by atoms with van der Waals surface area (Å²) in [5, 5.41) is 20.3. The number of hydrogen-bond donors (Lipinski definition) is 0. The SMILES string of the molecule is CCOc1cc([C@H](C[N+](=O)[O-])Sc2nnc(C)n2-c2ccc(C)c(C)c2)cc(Cl)c1OCc1cccc(F)c1. The van der Waals surface area contributed by atoms with Crippen LogP contribution in [0.4, 0.5) is 4.39 Å². The van der Waals surface area contributed by atoms with Crippen LogP contribution in [0.2, 0.25) is 5.02 Å². The summed E-state index contributed by atoms with van der Waals surface area (Å²) in [6, 6.07) is 15.4. The molecule has 0 aliphatic carbocycles. The molecule has 39 heavy (non-hydrogen) atoms. The van der Waals surface area contributed by atoms with Gasteiger partial charge >= 0.3 is 0 Å². The molecule has 0 unspecified atom stereocenters. The van der Waals surface area contributed by atoms with E-state index in [1.54, 1.807) is 24.3 Å². The molecular weight excluding hydrogens is 543 g/mol. The molecular formula is C28H28ClFN4O4S. The predicted octanol–water partition coefficient (Wildman–Crippen LogP) is 7.07. The molecule has 0 bridgehead atoms. The Hall–Kier alpha value is -3.63. The number of aromatic nitrogens is 3. The zero-order chi connectivity index (χ0) is 28.1. The summed E-state index contributed by atoms with van der Waals surface area (Å²) in [4.78, 5) is 11.3. The first-order chi connectivity index (χ1) is 18.7. The molecule has 0 saturated carbocycles. The topological polar surface area (TPSA) is 92.3 Å². The first-order valence-electron chi connectivity index (χ1n) is 12.3. The Morgan fingerprint density at radius 2 is 1.87 bits per heavy atom. The molecule has 8 nitrogen and oxygen atoms in total. The van der Waals surface area contributed by atoms with E-state index in [1.165, 1.54) is 23.9 Å². The fourth-order valence-corrected chi connectivity index (χ4v) is 5.44. The van der Waals surface area contributed by atoms with Gasteiger partial charge in [0.15, 0.2) is 16.7 Å². The summed E-state index contributed by atoms with van der Waals surface area (Å²) >= 11 is 7.85. The van der Waals surface area contributed by atoms with Crippen molar-refractivity contribution in [2.24, 2.45) is 0 Å². The van der Waals surface area contributed by atoms with E-state index in [2.05, 4.69) is 10.2 Å². The van der Waals surface area contributed by atoms with Gasteiger partial charge in [-0.15, -0.1) is 10.2 Å². The van der Waals surface area contributed by atoms with Crippen molar-refractivity contribution >= 4 is 23.4 Å². The van der Waals surface area contributed by atoms with E-state index in [1.807, 2.05) is 50.5 Å². The second-order valence-electron chi connectivity index (χ2n) is 8.94. The highest BCUT2D eigenvalue weighted by Crippen LogP contribution is 2.43. The van der Waals surface area contributed by atoms with Gasteiger partial charge in [-0.3, -0.25) is 14.7 Å². The average molecular weight is 571 g/mol. The molecule has 3 aromatic carbocycles. The predicted molar refractivity (Wildman–Crippen MR) is 149 cm³/mol. The van der Waals surface area contributed by atoms with Gasteiger partial charge in [-0.05, 0) is 86.3 Å². The highest BCUT2D eigenvalue weighted by molar-refractivity contribution is 7.99. The van der Waals surface area contributed by atoms with Gasteiger partial charge in [0.1, 0.15) is 23.5 Å². The molecule has 11 heteroatoms. The summed E-state index contributed by atoms with van der Waals surface area (Å²) in [6.45, 7) is 7.72. The maximum absolute atomic E-state index is 13.6. The standard InChI is InChI=1S/C28H28ClFN4O4S/c1-5-37-25-14-21(13-24(29)27(25)38-16-20-7-6-8-22(30)12-20)26(15-33(35)36)39-28-32-31-19(4)34(28)23-10-9-17(2)18(3)11-23/h6-14,26H,5,15-16H2,1-4H3/t26-/m0/s1. The molecule has 4 aromatic rings. The second kappa shape index (κ2) is 12.5. The summed E-state index contributed by atoms with van der Waals surface area (Å²) in [7, 11) is 0. The van der Waals surface area contributed by atoms with Gasteiger partial charge in [-0.1, -0.05) is 41.6 Å². The third kappa shape index (κ3) is 6.88. The molecule has 0 radical (unpaired) electrons. The number of nitrogens with zero attached hydrogens (tertiary/aromatic N) is 4. The van der Waals surface area contributed by atoms with Crippen molar-refractivity contribution in [3.63, 3.8) is 0 Å². The molecule has 204 valence electrons. The molecule has 0 saturated heterocycles. The van der Waals surface area contributed by atoms with E-state index in [4.69, 9.17) is 21.1 Å². The van der Waals surface area contributed by atoms with Crippen molar-refractivity contribution in [2.45, 2.75) is 44.7 Å². The first kappa shape index (κ1) is 28.4. The molecule has 1 heterocycles. The average Bonchev–Trinajstić information content (AvgIpc) is 3.24. The minimum Gasteiger partial charge on any atom is -0.490 e. The molecule has 0 amide bonds. The van der Waals surface area contributed by atoms with E-state index in [9.17, 15) is 14.5 Å². The first-order valence-corrected chi connectivity index (χ1v) is 13.5. The van der Waals surface area contributed by atoms with Crippen LogP contribution in [0, 0.1) is 36.7 Å². The molecule has 0 aliphatic rings. The van der Waals surface area contributed by atoms with E-state index >= 15 is 0 Å². The lowest BCUT2D eigenvalue weighted by atomic mass is 10.1. The minimum atomic E-state index is -0.650. The number of thioether (sulfide) groups is 1. The Balaban J connectivity index is 1.68. The van der Waals surface area contributed by atoms with Crippen LogP contribution in [0.25, 0.3) is 5.69 Å². The maximum Gasteiger partial charge on any atom is 0.220 e. The fraction of sp³-hybridized carbons (Fsp3) is 0.286. The molecule has 0 spiro atoms. The van der Waals surface area contributed by atoms with E-state index in [0.29, 0.717) is 34.5 Å². The Morgan fingerprint density at radius 3 is 2.56 bits per heavy atom. The van der Waals surface area contributed by atoms with Crippen molar-refractivity contribution in [1.82, 2.24) is 14.8 Å². The van der Waals surface area contributed by atoms with Crippen LogP contribution < -0.4 is 9.47 Å². The number of benzene rings is 3. The second-order valence-corrected chi connectivity index (χ2v) is 10.5. The molecule has 1 atom stereocenters. The Kier molecular flexibility index (Phi) is 9.08. The van der Waals surface area contributed by atoms with Gasteiger partial charge in [0, 0.05) is 10.6 Å². The normalized spacial score (nSPS) is 11.8. The number of rotatable bonds is 11. The lowest BCUT2D eigenvalue weighted by Gasteiger charge is -2.19. The summed E-state index contributed by atoms with van der Waals surface area (Å²) in [5.74, 6) is 0.920. The van der Waals surface area contributed by atoms with Crippen molar-refractivity contribution < 1.29 is 18.8 Å². The molecule has 4 rings (SSSR count). The van der Waals surface area contributed by atoms with Gasteiger partial charge in [0.2, 0.25) is 6.54 Å². The Labute approximate surface area is 235 Å². The Bertz CT molecular complexity index is 1500. The van der Waals surface area contributed by atoms with Gasteiger partial charge in [-0.2, -0.15) is 0 Å². The number of aryl methyl sites for hydroxylation is 3. The molecule has 1 aromatic heterocycles. The zero-order valence-electron chi connectivity index (χ0n) is 22.0. The van der Waals surface area contributed by atoms with Crippen LogP contribution in [0.1, 0.15) is 40.3 Å². The van der Waals surface area contributed by atoms with Crippen LogP contribution in [0.5, 0.6) is 11.5 Å². The van der Waals surface area contributed by atoms with E-state index in [-0.39, 0.29) is 34.7 Å². The van der Waals surface area contributed by atoms with Crippen LogP contribution >= 0.6 is 23.4 Å². The van der Waals surface area contributed by atoms with Gasteiger partial charge in [0.05, 0.1) is 11.6 Å². The monoisotopic (exact) mass is 570 g/mol.